The third-order valence-electron chi connectivity index (χ3n) is 2.65. The standard InChI is InChI=1S/C13H24N4S.HI/c1-9(2)6-7-15-13(14-5)16-8-12-10(3)17-11(4)18-12;/h9H,6-8H2,1-5H3,(H2,14,15,16);1H. The second-order valence-electron chi connectivity index (χ2n) is 4.78. The maximum atomic E-state index is 4.42. The number of aryl methyl sites for hydroxylation is 2. The third kappa shape index (κ3) is 7.10. The Labute approximate surface area is 137 Å². The van der Waals surface area contributed by atoms with Gasteiger partial charge in [-0.25, -0.2) is 4.98 Å². The van der Waals surface area contributed by atoms with Gasteiger partial charge in [0.25, 0.3) is 0 Å². The van der Waals surface area contributed by atoms with Crippen molar-refractivity contribution in [2.24, 2.45) is 10.9 Å². The maximum absolute atomic E-state index is 4.42. The molecule has 0 amide bonds. The van der Waals surface area contributed by atoms with Gasteiger partial charge in [0.1, 0.15) is 0 Å². The molecule has 0 atom stereocenters. The first-order chi connectivity index (χ1) is 8.52. The molecule has 0 bridgehead atoms. The van der Waals surface area contributed by atoms with Crippen LogP contribution in [-0.2, 0) is 6.54 Å². The average Bonchev–Trinajstić information content (AvgIpc) is 2.61. The molecule has 4 nitrogen and oxygen atoms in total. The van der Waals surface area contributed by atoms with Crippen molar-refractivity contribution in [2.45, 2.75) is 40.7 Å². The van der Waals surface area contributed by atoms with Crippen molar-refractivity contribution in [3.8, 4) is 0 Å². The Morgan fingerprint density at radius 1 is 1.32 bits per heavy atom. The zero-order valence-corrected chi connectivity index (χ0v) is 15.6. The van der Waals surface area contributed by atoms with Gasteiger partial charge in [0.15, 0.2) is 5.96 Å². The lowest BCUT2D eigenvalue weighted by Gasteiger charge is -2.12. The Morgan fingerprint density at radius 3 is 2.47 bits per heavy atom. The Morgan fingerprint density at radius 2 is 2.00 bits per heavy atom. The second kappa shape index (κ2) is 9.52. The first-order valence-corrected chi connectivity index (χ1v) is 7.22. The van der Waals surface area contributed by atoms with Crippen LogP contribution < -0.4 is 10.6 Å². The van der Waals surface area contributed by atoms with E-state index in [-0.39, 0.29) is 24.0 Å². The van der Waals surface area contributed by atoms with Gasteiger partial charge in [0.05, 0.1) is 17.2 Å². The molecular weight excluding hydrogens is 371 g/mol. The van der Waals surface area contributed by atoms with Crippen LogP contribution in [0.1, 0.15) is 35.8 Å². The van der Waals surface area contributed by atoms with Crippen LogP contribution >= 0.6 is 35.3 Å². The van der Waals surface area contributed by atoms with Crippen LogP contribution in [0.2, 0.25) is 0 Å². The van der Waals surface area contributed by atoms with Gasteiger partial charge in [-0.3, -0.25) is 4.99 Å². The monoisotopic (exact) mass is 396 g/mol. The lowest BCUT2D eigenvalue weighted by atomic mass is 10.1. The molecule has 1 heterocycles. The summed E-state index contributed by atoms with van der Waals surface area (Å²) in [7, 11) is 1.80. The summed E-state index contributed by atoms with van der Waals surface area (Å²) in [5.74, 6) is 1.57. The van der Waals surface area contributed by atoms with Gasteiger partial charge in [-0.1, -0.05) is 13.8 Å². The van der Waals surface area contributed by atoms with E-state index in [1.807, 2.05) is 6.92 Å². The van der Waals surface area contributed by atoms with Crippen LogP contribution in [0.4, 0.5) is 0 Å². The van der Waals surface area contributed by atoms with E-state index >= 15 is 0 Å². The number of hydrogen-bond donors (Lipinski definition) is 2. The Bertz CT molecular complexity index is 401. The molecule has 0 saturated heterocycles. The van der Waals surface area contributed by atoms with E-state index in [4.69, 9.17) is 0 Å². The number of hydrogen-bond acceptors (Lipinski definition) is 3. The Kier molecular flexibility index (Phi) is 9.34. The molecule has 19 heavy (non-hydrogen) atoms. The second-order valence-corrected chi connectivity index (χ2v) is 6.06. The highest BCUT2D eigenvalue weighted by atomic mass is 127. The summed E-state index contributed by atoms with van der Waals surface area (Å²) in [4.78, 5) is 9.91. The minimum Gasteiger partial charge on any atom is -0.356 e. The van der Waals surface area contributed by atoms with Gasteiger partial charge in [-0.15, -0.1) is 35.3 Å². The summed E-state index contributed by atoms with van der Waals surface area (Å²) in [6.45, 7) is 10.3. The molecule has 0 unspecified atom stereocenters. The van der Waals surface area contributed by atoms with Crippen LogP contribution in [0.5, 0.6) is 0 Å². The molecular formula is C13H25IN4S. The lowest BCUT2D eigenvalue weighted by molar-refractivity contribution is 0.573. The van der Waals surface area contributed by atoms with Crippen molar-refractivity contribution in [1.82, 2.24) is 15.6 Å². The molecule has 0 aliphatic rings. The first kappa shape index (κ1) is 18.6. The zero-order chi connectivity index (χ0) is 13.5. The lowest BCUT2D eigenvalue weighted by Crippen LogP contribution is -2.37. The number of thiazole rings is 1. The van der Waals surface area contributed by atoms with Crippen molar-refractivity contribution in [1.29, 1.82) is 0 Å². The number of halogens is 1. The highest BCUT2D eigenvalue weighted by Crippen LogP contribution is 2.16. The summed E-state index contributed by atoms with van der Waals surface area (Å²) < 4.78 is 0. The van der Waals surface area contributed by atoms with Gasteiger partial charge in [-0.2, -0.15) is 0 Å². The summed E-state index contributed by atoms with van der Waals surface area (Å²) in [5.41, 5.74) is 1.11. The van der Waals surface area contributed by atoms with Crippen LogP contribution in [0.3, 0.4) is 0 Å². The van der Waals surface area contributed by atoms with Crippen LogP contribution in [-0.4, -0.2) is 24.5 Å². The number of aromatic nitrogens is 1. The van der Waals surface area contributed by atoms with Gasteiger partial charge >= 0.3 is 0 Å². The molecule has 1 rings (SSSR count). The molecule has 1 aromatic heterocycles. The van der Waals surface area contributed by atoms with Crippen molar-refractivity contribution in [3.05, 3.63) is 15.6 Å². The number of nitrogens with zero attached hydrogens (tertiary/aromatic N) is 2. The van der Waals surface area contributed by atoms with Gasteiger partial charge in [0.2, 0.25) is 0 Å². The van der Waals surface area contributed by atoms with Crippen LogP contribution in [0.25, 0.3) is 0 Å². The van der Waals surface area contributed by atoms with Gasteiger partial charge < -0.3 is 10.6 Å². The molecule has 0 fully saturated rings. The van der Waals surface area contributed by atoms with E-state index in [9.17, 15) is 0 Å². The van der Waals surface area contributed by atoms with Crippen molar-refractivity contribution in [3.63, 3.8) is 0 Å². The molecule has 0 spiro atoms. The van der Waals surface area contributed by atoms with Crippen molar-refractivity contribution in [2.75, 3.05) is 13.6 Å². The van der Waals surface area contributed by atoms with E-state index in [0.717, 1.165) is 36.2 Å². The fraction of sp³-hybridized carbons (Fsp3) is 0.692. The minimum atomic E-state index is 0. The number of nitrogens with one attached hydrogen (secondary N) is 2. The van der Waals surface area contributed by atoms with Crippen LogP contribution in [0, 0.1) is 19.8 Å². The summed E-state index contributed by atoms with van der Waals surface area (Å²) in [6, 6.07) is 0. The predicted molar refractivity (Wildman–Crippen MR) is 94.7 cm³/mol. The molecule has 2 N–H and O–H groups in total. The highest BCUT2D eigenvalue weighted by Gasteiger charge is 2.05. The maximum Gasteiger partial charge on any atom is 0.191 e. The molecule has 110 valence electrons. The molecule has 0 aromatic carbocycles. The summed E-state index contributed by atoms with van der Waals surface area (Å²) >= 11 is 1.74. The highest BCUT2D eigenvalue weighted by molar-refractivity contribution is 14.0. The molecule has 1 aromatic rings. The quantitative estimate of drug-likeness (QED) is 0.457. The number of guanidine groups is 1. The van der Waals surface area contributed by atoms with E-state index < -0.39 is 0 Å². The third-order valence-corrected chi connectivity index (χ3v) is 3.73. The van der Waals surface area contributed by atoms with Gasteiger partial charge in [-0.05, 0) is 26.2 Å². The Hall–Kier alpha value is -0.370. The molecule has 0 aliphatic heterocycles. The molecule has 0 aliphatic carbocycles. The average molecular weight is 396 g/mol. The number of aliphatic imine (C=N–C) groups is 1. The molecule has 0 saturated carbocycles. The van der Waals surface area contributed by atoms with Crippen molar-refractivity contribution < 1.29 is 0 Å². The summed E-state index contributed by atoms with van der Waals surface area (Å²) in [6.07, 6.45) is 1.15. The smallest absolute Gasteiger partial charge is 0.191 e. The van der Waals surface area contributed by atoms with Crippen LogP contribution in [0.15, 0.2) is 4.99 Å². The summed E-state index contributed by atoms with van der Waals surface area (Å²) in [5, 5.41) is 7.76. The largest absolute Gasteiger partial charge is 0.356 e. The van der Waals surface area contributed by atoms with Gasteiger partial charge in [0, 0.05) is 18.5 Å². The first-order valence-electron chi connectivity index (χ1n) is 6.40. The fourth-order valence-corrected chi connectivity index (χ4v) is 2.48. The molecule has 6 heteroatoms. The van der Waals surface area contributed by atoms with E-state index in [1.54, 1.807) is 18.4 Å². The fourth-order valence-electron chi connectivity index (χ4n) is 1.60. The van der Waals surface area contributed by atoms with E-state index in [1.165, 1.54) is 4.88 Å². The zero-order valence-electron chi connectivity index (χ0n) is 12.4. The Balaban J connectivity index is 0.00000324. The molecule has 0 radical (unpaired) electrons. The normalized spacial score (nSPS) is 11.4. The van der Waals surface area contributed by atoms with E-state index in [2.05, 4.69) is 41.4 Å². The van der Waals surface area contributed by atoms with Crippen molar-refractivity contribution >= 4 is 41.3 Å². The van der Waals surface area contributed by atoms with E-state index in [0.29, 0.717) is 5.92 Å². The minimum absolute atomic E-state index is 0. The number of rotatable bonds is 5. The SMILES string of the molecule is CN=C(NCCC(C)C)NCc1sc(C)nc1C.I. The predicted octanol–water partition coefficient (Wildman–Crippen LogP) is 3.09. The topological polar surface area (TPSA) is 49.3 Å².